The highest BCUT2D eigenvalue weighted by Gasteiger charge is 2.31. The van der Waals surface area contributed by atoms with Crippen molar-refractivity contribution in [2.45, 2.75) is 38.1 Å². The second kappa shape index (κ2) is 9.26. The Morgan fingerprint density at radius 3 is 2.63 bits per heavy atom. The molecule has 0 bridgehead atoms. The zero-order valence-corrected chi connectivity index (χ0v) is 16.7. The summed E-state index contributed by atoms with van der Waals surface area (Å²) >= 11 is 0. The van der Waals surface area contributed by atoms with E-state index in [2.05, 4.69) is 15.2 Å². The van der Waals surface area contributed by atoms with Gasteiger partial charge in [0, 0.05) is 36.6 Å². The summed E-state index contributed by atoms with van der Waals surface area (Å²) in [7, 11) is 0. The zero-order chi connectivity index (χ0) is 21.0. The molecule has 4 rings (SSSR count). The number of ether oxygens (including phenoxy) is 3. The topological polar surface area (TPSA) is 57.5 Å². The predicted molar refractivity (Wildman–Crippen MR) is 105 cm³/mol. The Morgan fingerprint density at radius 1 is 1.13 bits per heavy atom. The van der Waals surface area contributed by atoms with Gasteiger partial charge >= 0.3 is 6.36 Å². The minimum atomic E-state index is -4.75. The van der Waals surface area contributed by atoms with Gasteiger partial charge in [-0.25, -0.2) is 0 Å². The van der Waals surface area contributed by atoms with Crippen LogP contribution in [0.2, 0.25) is 0 Å². The number of rotatable bonds is 6. The van der Waals surface area contributed by atoms with Gasteiger partial charge in [0.25, 0.3) is 0 Å². The van der Waals surface area contributed by atoms with Crippen LogP contribution in [0.4, 0.5) is 13.2 Å². The van der Waals surface area contributed by atoms with E-state index in [1.165, 1.54) is 12.1 Å². The predicted octanol–water partition coefficient (Wildman–Crippen LogP) is 4.18. The molecule has 2 aliphatic rings. The van der Waals surface area contributed by atoms with E-state index in [1.54, 1.807) is 12.3 Å². The molecule has 2 fully saturated rings. The van der Waals surface area contributed by atoms with Gasteiger partial charge in [0.15, 0.2) is 0 Å². The van der Waals surface area contributed by atoms with E-state index in [-0.39, 0.29) is 5.75 Å². The molecule has 6 nitrogen and oxygen atoms in total. The van der Waals surface area contributed by atoms with Crippen LogP contribution in [-0.2, 0) is 4.74 Å². The van der Waals surface area contributed by atoms with Crippen LogP contribution < -0.4 is 14.8 Å². The quantitative estimate of drug-likeness (QED) is 0.753. The number of piperidine rings is 1. The van der Waals surface area contributed by atoms with E-state index in [1.807, 2.05) is 10.9 Å². The summed E-state index contributed by atoms with van der Waals surface area (Å²) in [5, 5.41) is 7.82. The van der Waals surface area contributed by atoms with Gasteiger partial charge in [0.2, 0.25) is 0 Å². The van der Waals surface area contributed by atoms with Gasteiger partial charge in [0.1, 0.15) is 11.5 Å². The van der Waals surface area contributed by atoms with Gasteiger partial charge in [-0.2, -0.15) is 5.10 Å². The van der Waals surface area contributed by atoms with Crippen LogP contribution in [0, 0.1) is 5.92 Å². The van der Waals surface area contributed by atoms with E-state index in [0.29, 0.717) is 43.1 Å². The first kappa shape index (κ1) is 21.0. The molecule has 2 aliphatic heterocycles. The highest BCUT2D eigenvalue weighted by Crippen LogP contribution is 2.36. The van der Waals surface area contributed by atoms with Crippen molar-refractivity contribution in [3.05, 3.63) is 30.6 Å². The summed E-state index contributed by atoms with van der Waals surface area (Å²) in [5.41, 5.74) is 1.52. The largest absolute Gasteiger partial charge is 0.573 e. The number of nitrogens with zero attached hydrogens (tertiary/aromatic N) is 2. The van der Waals surface area contributed by atoms with Crippen LogP contribution in [0.25, 0.3) is 11.1 Å². The van der Waals surface area contributed by atoms with Gasteiger partial charge in [-0.1, -0.05) is 0 Å². The molecule has 1 N–H and O–H groups in total. The lowest BCUT2D eigenvalue weighted by atomic mass is 10.0. The van der Waals surface area contributed by atoms with Gasteiger partial charge < -0.3 is 19.5 Å². The lowest BCUT2D eigenvalue weighted by Crippen LogP contribution is -2.29. The fourth-order valence-corrected chi connectivity index (χ4v) is 3.93. The molecule has 9 heteroatoms. The van der Waals surface area contributed by atoms with Crippen LogP contribution in [0.5, 0.6) is 11.5 Å². The lowest BCUT2D eigenvalue weighted by Gasteiger charge is -2.23. The van der Waals surface area contributed by atoms with E-state index < -0.39 is 6.36 Å². The average Bonchev–Trinajstić information content (AvgIpc) is 3.23. The van der Waals surface area contributed by atoms with Crippen molar-refractivity contribution in [2.75, 3.05) is 32.9 Å². The van der Waals surface area contributed by atoms with Crippen molar-refractivity contribution in [3.63, 3.8) is 0 Å². The third-order valence-electron chi connectivity index (χ3n) is 5.60. The Balaban J connectivity index is 1.56. The first-order valence-electron chi connectivity index (χ1n) is 10.3. The van der Waals surface area contributed by atoms with Crippen molar-refractivity contribution in [1.82, 2.24) is 15.1 Å². The summed E-state index contributed by atoms with van der Waals surface area (Å²) < 4.78 is 55.5. The maximum absolute atomic E-state index is 12.7. The molecule has 0 atom stereocenters. The molecule has 3 heterocycles. The van der Waals surface area contributed by atoms with Crippen molar-refractivity contribution in [1.29, 1.82) is 0 Å². The van der Waals surface area contributed by atoms with Gasteiger partial charge in [-0.15, -0.1) is 13.2 Å². The van der Waals surface area contributed by atoms with Crippen molar-refractivity contribution in [2.24, 2.45) is 5.92 Å². The summed E-state index contributed by atoms with van der Waals surface area (Å²) in [6.07, 6.45) is 2.67. The fourth-order valence-electron chi connectivity index (χ4n) is 3.93. The normalized spacial score (nSPS) is 19.0. The SMILES string of the molecule is FC(F)(F)Oc1ccc(-c2cnn(C3CCNCC3)c2)c(OCC2CCOCC2)c1. The zero-order valence-electron chi connectivity index (χ0n) is 16.7. The Bertz CT molecular complexity index is 828. The lowest BCUT2D eigenvalue weighted by molar-refractivity contribution is -0.274. The molecular weight excluding hydrogens is 399 g/mol. The van der Waals surface area contributed by atoms with Gasteiger partial charge in [-0.3, -0.25) is 4.68 Å². The van der Waals surface area contributed by atoms with E-state index >= 15 is 0 Å². The van der Waals surface area contributed by atoms with Gasteiger partial charge in [-0.05, 0) is 56.8 Å². The molecule has 0 radical (unpaired) electrons. The van der Waals surface area contributed by atoms with Crippen LogP contribution in [0.3, 0.4) is 0 Å². The molecule has 0 amide bonds. The smallest absolute Gasteiger partial charge is 0.493 e. The maximum Gasteiger partial charge on any atom is 0.573 e. The molecular formula is C21H26F3N3O3. The van der Waals surface area contributed by atoms with Gasteiger partial charge in [0.05, 0.1) is 18.8 Å². The Labute approximate surface area is 173 Å². The molecule has 164 valence electrons. The Morgan fingerprint density at radius 2 is 1.90 bits per heavy atom. The minimum absolute atomic E-state index is 0.293. The molecule has 30 heavy (non-hydrogen) atoms. The summed E-state index contributed by atoms with van der Waals surface area (Å²) in [5.74, 6) is 0.392. The molecule has 0 aliphatic carbocycles. The minimum Gasteiger partial charge on any atom is -0.493 e. The maximum atomic E-state index is 12.7. The summed E-state index contributed by atoms with van der Waals surface area (Å²) in [4.78, 5) is 0. The second-order valence-corrected chi connectivity index (χ2v) is 7.76. The molecule has 1 aromatic heterocycles. The molecule has 2 aromatic rings. The number of hydrogen-bond acceptors (Lipinski definition) is 5. The summed E-state index contributed by atoms with van der Waals surface area (Å²) in [6, 6.07) is 4.54. The standard InChI is InChI=1S/C21H26F3N3O3/c22-21(23,24)30-18-1-2-19(20(11-18)29-14-15-5-9-28-10-6-15)16-12-26-27(13-16)17-3-7-25-8-4-17/h1-2,11-13,15,17,25H,3-10,14H2. The van der Waals surface area contributed by atoms with Crippen molar-refractivity contribution in [3.8, 4) is 22.6 Å². The number of benzene rings is 1. The first-order valence-corrected chi connectivity index (χ1v) is 10.3. The third-order valence-corrected chi connectivity index (χ3v) is 5.60. The first-order chi connectivity index (χ1) is 14.5. The highest BCUT2D eigenvalue weighted by molar-refractivity contribution is 5.70. The van der Waals surface area contributed by atoms with Crippen LogP contribution in [0.1, 0.15) is 31.7 Å². The Hall–Kier alpha value is -2.26. The van der Waals surface area contributed by atoms with Crippen LogP contribution in [-0.4, -0.2) is 49.1 Å². The summed E-state index contributed by atoms with van der Waals surface area (Å²) in [6.45, 7) is 3.68. The van der Waals surface area contributed by atoms with Crippen molar-refractivity contribution >= 4 is 0 Å². The molecule has 0 unspecified atom stereocenters. The molecule has 0 saturated carbocycles. The molecule has 0 spiro atoms. The number of aromatic nitrogens is 2. The number of nitrogens with one attached hydrogen (secondary N) is 1. The van der Waals surface area contributed by atoms with E-state index in [0.717, 1.165) is 44.3 Å². The Kier molecular flexibility index (Phi) is 6.48. The van der Waals surface area contributed by atoms with Crippen molar-refractivity contribution < 1.29 is 27.4 Å². The van der Waals surface area contributed by atoms with Crippen LogP contribution >= 0.6 is 0 Å². The average molecular weight is 425 g/mol. The van der Waals surface area contributed by atoms with E-state index in [9.17, 15) is 13.2 Å². The second-order valence-electron chi connectivity index (χ2n) is 7.76. The number of halogens is 3. The molecule has 1 aromatic carbocycles. The monoisotopic (exact) mass is 425 g/mol. The van der Waals surface area contributed by atoms with Crippen LogP contribution in [0.15, 0.2) is 30.6 Å². The van der Waals surface area contributed by atoms with E-state index in [4.69, 9.17) is 9.47 Å². The number of alkyl halides is 3. The fraction of sp³-hybridized carbons (Fsp3) is 0.571. The third kappa shape index (κ3) is 5.46. The highest BCUT2D eigenvalue weighted by atomic mass is 19.4. The molecule has 2 saturated heterocycles. The number of hydrogen-bond donors (Lipinski definition) is 1.